The summed E-state index contributed by atoms with van der Waals surface area (Å²) >= 11 is 0. The molecule has 0 bridgehead atoms. The Morgan fingerprint density at radius 3 is 2.21 bits per heavy atom. The van der Waals surface area contributed by atoms with Crippen LogP contribution in [-0.4, -0.2) is 32.4 Å². The van der Waals surface area contributed by atoms with E-state index in [2.05, 4.69) is 9.97 Å². The van der Waals surface area contributed by atoms with Crippen molar-refractivity contribution in [3.05, 3.63) is 107 Å². The Hall–Kier alpha value is -3.35. The number of ether oxygens (including phenoxy) is 1. The molecule has 0 amide bonds. The minimum absolute atomic E-state index is 0.0754. The molecule has 4 aromatic rings. The predicted octanol–water partition coefficient (Wildman–Crippen LogP) is 2.96. The van der Waals surface area contributed by atoms with Gasteiger partial charge in [-0.2, -0.15) is 0 Å². The van der Waals surface area contributed by atoms with Crippen LogP contribution in [0.25, 0.3) is 11.0 Å². The molecule has 2 aromatic heterocycles. The summed E-state index contributed by atoms with van der Waals surface area (Å²) in [6.45, 7) is 0.166. The van der Waals surface area contributed by atoms with Crippen LogP contribution < -0.4 is 5.56 Å². The molecule has 0 spiro atoms. The number of pyridine rings is 1. The zero-order chi connectivity index (χ0) is 20.1. The third-order valence-electron chi connectivity index (χ3n) is 4.66. The van der Waals surface area contributed by atoms with Crippen molar-refractivity contribution in [2.45, 2.75) is 18.8 Å². The standard InChI is InChI=1S/C23H21N3O3/c27-19(14-26-16-25-22-20(23(26)28)12-7-13-24-22)15-29-21(17-8-3-1-4-9-17)18-10-5-2-6-11-18/h1-13,16,19,21,27H,14-15H2. The van der Waals surface area contributed by atoms with Gasteiger partial charge < -0.3 is 9.84 Å². The number of hydrogen-bond acceptors (Lipinski definition) is 5. The minimum Gasteiger partial charge on any atom is -0.389 e. The fourth-order valence-electron chi connectivity index (χ4n) is 3.26. The van der Waals surface area contributed by atoms with Crippen LogP contribution in [0.15, 0.2) is 90.1 Å². The minimum atomic E-state index is -0.862. The summed E-state index contributed by atoms with van der Waals surface area (Å²) in [7, 11) is 0. The highest BCUT2D eigenvalue weighted by atomic mass is 16.5. The highest BCUT2D eigenvalue weighted by Crippen LogP contribution is 2.25. The molecule has 0 radical (unpaired) electrons. The van der Waals surface area contributed by atoms with Gasteiger partial charge in [-0.25, -0.2) is 9.97 Å². The fraction of sp³-hybridized carbons (Fsp3) is 0.174. The lowest BCUT2D eigenvalue weighted by Gasteiger charge is -2.21. The molecule has 0 saturated carbocycles. The maximum absolute atomic E-state index is 12.6. The molecular weight excluding hydrogens is 366 g/mol. The van der Waals surface area contributed by atoms with E-state index >= 15 is 0 Å². The van der Waals surface area contributed by atoms with Crippen LogP contribution in [-0.2, 0) is 11.3 Å². The molecule has 6 nitrogen and oxygen atoms in total. The largest absolute Gasteiger partial charge is 0.389 e. The summed E-state index contributed by atoms with van der Waals surface area (Å²) < 4.78 is 7.46. The maximum Gasteiger partial charge on any atom is 0.262 e. The van der Waals surface area contributed by atoms with Gasteiger partial charge in [0.05, 0.1) is 24.6 Å². The Morgan fingerprint density at radius 1 is 0.897 bits per heavy atom. The van der Waals surface area contributed by atoms with Crippen molar-refractivity contribution in [3.8, 4) is 0 Å². The summed E-state index contributed by atoms with van der Waals surface area (Å²) in [5.74, 6) is 0. The molecule has 2 aromatic carbocycles. The second kappa shape index (κ2) is 8.77. The number of hydrogen-bond donors (Lipinski definition) is 1. The van der Waals surface area contributed by atoms with Crippen molar-refractivity contribution in [1.29, 1.82) is 0 Å². The van der Waals surface area contributed by atoms with E-state index in [1.54, 1.807) is 18.3 Å². The van der Waals surface area contributed by atoms with Crippen LogP contribution in [0.4, 0.5) is 0 Å². The molecule has 4 rings (SSSR count). The lowest BCUT2D eigenvalue weighted by atomic mass is 10.0. The van der Waals surface area contributed by atoms with Gasteiger partial charge in [-0.15, -0.1) is 0 Å². The van der Waals surface area contributed by atoms with E-state index in [0.29, 0.717) is 11.0 Å². The van der Waals surface area contributed by atoms with Crippen molar-refractivity contribution >= 4 is 11.0 Å². The highest BCUT2D eigenvalue weighted by molar-refractivity contribution is 5.72. The van der Waals surface area contributed by atoms with Gasteiger partial charge in [-0.05, 0) is 23.3 Å². The van der Waals surface area contributed by atoms with Gasteiger partial charge in [0.15, 0.2) is 5.65 Å². The number of benzene rings is 2. The second-order valence-corrected chi connectivity index (χ2v) is 6.77. The first-order valence-electron chi connectivity index (χ1n) is 9.42. The van der Waals surface area contributed by atoms with E-state index in [0.717, 1.165) is 11.1 Å². The van der Waals surface area contributed by atoms with Gasteiger partial charge in [0.1, 0.15) is 12.4 Å². The predicted molar refractivity (Wildman–Crippen MR) is 110 cm³/mol. The average molecular weight is 387 g/mol. The summed E-state index contributed by atoms with van der Waals surface area (Å²) in [6, 6.07) is 23.1. The van der Waals surface area contributed by atoms with E-state index in [1.807, 2.05) is 60.7 Å². The molecule has 0 fully saturated rings. The number of aliphatic hydroxyl groups excluding tert-OH is 1. The smallest absolute Gasteiger partial charge is 0.262 e. The normalized spacial score (nSPS) is 12.3. The van der Waals surface area contributed by atoms with Gasteiger partial charge in [-0.1, -0.05) is 60.7 Å². The van der Waals surface area contributed by atoms with Crippen molar-refractivity contribution in [2.75, 3.05) is 6.61 Å². The van der Waals surface area contributed by atoms with Crippen LogP contribution in [0, 0.1) is 0 Å². The molecule has 146 valence electrons. The molecule has 0 aliphatic rings. The molecule has 0 aliphatic carbocycles. The molecule has 1 unspecified atom stereocenters. The van der Waals surface area contributed by atoms with Crippen LogP contribution in [0.5, 0.6) is 0 Å². The van der Waals surface area contributed by atoms with Crippen molar-refractivity contribution in [1.82, 2.24) is 14.5 Å². The van der Waals surface area contributed by atoms with Crippen molar-refractivity contribution < 1.29 is 9.84 Å². The zero-order valence-corrected chi connectivity index (χ0v) is 15.8. The third kappa shape index (κ3) is 4.39. The summed E-state index contributed by atoms with van der Waals surface area (Å²) in [6.07, 6.45) is 1.84. The number of fused-ring (bicyclic) bond motifs is 1. The summed E-state index contributed by atoms with van der Waals surface area (Å²) in [5, 5.41) is 10.9. The van der Waals surface area contributed by atoms with E-state index in [4.69, 9.17) is 4.74 Å². The van der Waals surface area contributed by atoms with E-state index in [-0.39, 0.29) is 24.8 Å². The van der Waals surface area contributed by atoms with Gasteiger partial charge >= 0.3 is 0 Å². The molecule has 1 N–H and O–H groups in total. The lowest BCUT2D eigenvalue weighted by molar-refractivity contribution is -0.000987. The van der Waals surface area contributed by atoms with Crippen LogP contribution >= 0.6 is 0 Å². The molecule has 1 atom stereocenters. The Morgan fingerprint density at radius 2 is 1.55 bits per heavy atom. The lowest BCUT2D eigenvalue weighted by Crippen LogP contribution is -2.30. The number of aliphatic hydroxyl groups is 1. The van der Waals surface area contributed by atoms with E-state index in [1.165, 1.54) is 10.9 Å². The second-order valence-electron chi connectivity index (χ2n) is 6.77. The summed E-state index contributed by atoms with van der Waals surface area (Å²) in [5.41, 5.74) is 2.17. The highest BCUT2D eigenvalue weighted by Gasteiger charge is 2.17. The molecule has 0 aliphatic heterocycles. The Labute approximate surface area is 168 Å². The fourth-order valence-corrected chi connectivity index (χ4v) is 3.26. The third-order valence-corrected chi connectivity index (χ3v) is 4.66. The Balaban J connectivity index is 1.49. The molecular formula is C23H21N3O3. The topological polar surface area (TPSA) is 77.2 Å². The molecule has 6 heteroatoms. The summed E-state index contributed by atoms with van der Waals surface area (Å²) in [4.78, 5) is 20.8. The number of aromatic nitrogens is 3. The van der Waals surface area contributed by atoms with Crippen molar-refractivity contribution in [2.24, 2.45) is 0 Å². The van der Waals surface area contributed by atoms with E-state index < -0.39 is 6.10 Å². The SMILES string of the molecule is O=c1c2cccnc2ncn1CC(O)COC(c1ccccc1)c1ccccc1. The van der Waals surface area contributed by atoms with Gasteiger partial charge in [0.25, 0.3) is 5.56 Å². The number of rotatable bonds is 7. The zero-order valence-electron chi connectivity index (χ0n) is 15.8. The Kier molecular flexibility index (Phi) is 5.74. The van der Waals surface area contributed by atoms with Gasteiger partial charge in [-0.3, -0.25) is 9.36 Å². The number of nitrogens with zero attached hydrogens (tertiary/aromatic N) is 3. The average Bonchev–Trinajstić information content (AvgIpc) is 2.77. The monoisotopic (exact) mass is 387 g/mol. The van der Waals surface area contributed by atoms with Crippen LogP contribution in [0.2, 0.25) is 0 Å². The van der Waals surface area contributed by atoms with Crippen molar-refractivity contribution in [3.63, 3.8) is 0 Å². The van der Waals surface area contributed by atoms with Gasteiger partial charge in [0.2, 0.25) is 0 Å². The van der Waals surface area contributed by atoms with Gasteiger partial charge in [0, 0.05) is 6.20 Å². The van der Waals surface area contributed by atoms with E-state index in [9.17, 15) is 9.90 Å². The quantitative estimate of drug-likeness (QED) is 0.528. The Bertz CT molecular complexity index is 1090. The van der Waals surface area contributed by atoms with Crippen LogP contribution in [0.1, 0.15) is 17.2 Å². The maximum atomic E-state index is 12.6. The first-order chi connectivity index (χ1) is 14.2. The molecule has 29 heavy (non-hydrogen) atoms. The first kappa shape index (κ1) is 19.0. The first-order valence-corrected chi connectivity index (χ1v) is 9.42. The molecule has 0 saturated heterocycles. The molecule has 2 heterocycles. The van der Waals surface area contributed by atoms with Crippen LogP contribution in [0.3, 0.4) is 0 Å².